The van der Waals surface area contributed by atoms with Crippen LogP contribution in [0.15, 0.2) is 108 Å². The first-order chi connectivity index (χ1) is 17.7. The first-order valence-corrected chi connectivity index (χ1v) is 12.0. The fraction of sp³-hybridized carbons (Fsp3) is 0.0968. The molecule has 0 atom stereocenters. The number of ether oxygens (including phenoxy) is 1. The number of hydrogen-bond donors (Lipinski definition) is 1. The van der Waals surface area contributed by atoms with E-state index in [1.807, 2.05) is 85.8 Å². The molecular formula is C31H27N3O2. The third-order valence-electron chi connectivity index (χ3n) is 6.12. The zero-order valence-corrected chi connectivity index (χ0v) is 20.3. The summed E-state index contributed by atoms with van der Waals surface area (Å²) in [6.07, 6.45) is 1.67. The van der Waals surface area contributed by atoms with Crippen molar-refractivity contribution in [1.29, 1.82) is 0 Å². The van der Waals surface area contributed by atoms with Crippen LogP contribution >= 0.6 is 0 Å². The van der Waals surface area contributed by atoms with Crippen molar-refractivity contribution >= 4 is 22.9 Å². The highest BCUT2D eigenvalue weighted by Gasteiger charge is 2.11. The van der Waals surface area contributed by atoms with E-state index in [-0.39, 0.29) is 5.91 Å². The lowest BCUT2D eigenvalue weighted by Crippen LogP contribution is -2.17. The van der Waals surface area contributed by atoms with E-state index in [0.29, 0.717) is 12.2 Å². The number of hydrogen-bond acceptors (Lipinski definition) is 3. The number of nitrogens with zero attached hydrogens (tertiary/aromatic N) is 2. The van der Waals surface area contributed by atoms with Gasteiger partial charge < -0.3 is 9.30 Å². The van der Waals surface area contributed by atoms with Gasteiger partial charge in [0, 0.05) is 27.9 Å². The molecule has 0 bridgehead atoms. The van der Waals surface area contributed by atoms with E-state index in [4.69, 9.17) is 4.74 Å². The van der Waals surface area contributed by atoms with Gasteiger partial charge in [0.25, 0.3) is 5.91 Å². The largest absolute Gasteiger partial charge is 0.493 e. The molecule has 4 aromatic carbocycles. The van der Waals surface area contributed by atoms with Crippen LogP contribution in [0.4, 0.5) is 0 Å². The summed E-state index contributed by atoms with van der Waals surface area (Å²) in [6, 6.07) is 33.9. The van der Waals surface area contributed by atoms with E-state index in [2.05, 4.69) is 46.3 Å². The maximum absolute atomic E-state index is 12.7. The standard InChI is InChI=1S/C31H27N3O2/c1-3-36-30-20-16-25(27-11-7-8-12-28(27)30)21-32-33-31(35)24-14-17-26(18-15-24)34-22(2)13-19-29(34)23-9-5-4-6-10-23/h4-21H,3H2,1-2H3,(H,33,35). The van der Waals surface area contributed by atoms with Gasteiger partial charge in [-0.2, -0.15) is 5.10 Å². The van der Waals surface area contributed by atoms with Crippen molar-refractivity contribution in [2.24, 2.45) is 5.10 Å². The highest BCUT2D eigenvalue weighted by Crippen LogP contribution is 2.28. The van der Waals surface area contributed by atoms with Gasteiger partial charge in [0.05, 0.1) is 18.5 Å². The van der Waals surface area contributed by atoms with Gasteiger partial charge in [0.15, 0.2) is 0 Å². The summed E-state index contributed by atoms with van der Waals surface area (Å²) >= 11 is 0. The molecule has 1 N–H and O–H groups in total. The van der Waals surface area contributed by atoms with Gasteiger partial charge in [0.2, 0.25) is 0 Å². The van der Waals surface area contributed by atoms with Crippen molar-refractivity contribution in [2.75, 3.05) is 6.61 Å². The Kier molecular flexibility index (Phi) is 6.63. The summed E-state index contributed by atoms with van der Waals surface area (Å²) in [5.74, 6) is 0.572. The Bertz CT molecular complexity index is 1530. The lowest BCUT2D eigenvalue weighted by Gasteiger charge is -2.13. The zero-order valence-electron chi connectivity index (χ0n) is 20.3. The number of aromatic nitrogens is 1. The molecule has 5 nitrogen and oxygen atoms in total. The normalized spacial score (nSPS) is 11.2. The monoisotopic (exact) mass is 473 g/mol. The maximum atomic E-state index is 12.7. The fourth-order valence-corrected chi connectivity index (χ4v) is 4.39. The second kappa shape index (κ2) is 10.3. The van der Waals surface area contributed by atoms with E-state index in [1.54, 1.807) is 6.21 Å². The molecule has 1 aromatic heterocycles. The van der Waals surface area contributed by atoms with Gasteiger partial charge in [-0.1, -0.05) is 54.6 Å². The van der Waals surface area contributed by atoms with E-state index < -0.39 is 0 Å². The van der Waals surface area contributed by atoms with Crippen LogP contribution in [0.2, 0.25) is 0 Å². The number of hydrazone groups is 1. The smallest absolute Gasteiger partial charge is 0.271 e. The number of fused-ring (bicyclic) bond motifs is 1. The number of carbonyl (C=O) groups is 1. The quantitative estimate of drug-likeness (QED) is 0.209. The minimum Gasteiger partial charge on any atom is -0.493 e. The van der Waals surface area contributed by atoms with Gasteiger partial charge in [0.1, 0.15) is 5.75 Å². The van der Waals surface area contributed by atoms with E-state index in [1.165, 1.54) is 0 Å². The predicted octanol–water partition coefficient (Wildman–Crippen LogP) is 6.77. The number of benzene rings is 4. The molecule has 0 aliphatic heterocycles. The Morgan fingerprint density at radius 1 is 0.861 bits per heavy atom. The molecule has 0 spiro atoms. The zero-order chi connectivity index (χ0) is 24.9. The van der Waals surface area contributed by atoms with Gasteiger partial charge >= 0.3 is 0 Å². The van der Waals surface area contributed by atoms with E-state index >= 15 is 0 Å². The predicted molar refractivity (Wildman–Crippen MR) is 146 cm³/mol. The van der Waals surface area contributed by atoms with E-state index in [0.717, 1.165) is 44.7 Å². The van der Waals surface area contributed by atoms with Crippen molar-refractivity contribution in [3.05, 3.63) is 120 Å². The van der Waals surface area contributed by atoms with Crippen LogP contribution in [0.1, 0.15) is 28.5 Å². The number of carbonyl (C=O) groups excluding carboxylic acids is 1. The third kappa shape index (κ3) is 4.64. The lowest BCUT2D eigenvalue weighted by atomic mass is 10.0. The second-order valence-corrected chi connectivity index (χ2v) is 8.44. The van der Waals surface area contributed by atoms with Crippen molar-refractivity contribution in [3.63, 3.8) is 0 Å². The molecule has 0 saturated carbocycles. The van der Waals surface area contributed by atoms with Crippen LogP contribution in [0, 0.1) is 6.92 Å². The SMILES string of the molecule is CCOc1ccc(C=NNC(=O)c2ccc(-n3c(C)ccc3-c3ccccc3)cc2)c2ccccc12. The highest BCUT2D eigenvalue weighted by atomic mass is 16.5. The minimum atomic E-state index is -0.263. The van der Waals surface area contributed by atoms with Crippen LogP contribution in [-0.2, 0) is 0 Å². The molecular weight excluding hydrogens is 446 g/mol. The summed E-state index contributed by atoms with van der Waals surface area (Å²) < 4.78 is 7.92. The molecule has 178 valence electrons. The molecule has 5 heteroatoms. The van der Waals surface area contributed by atoms with Gasteiger partial charge in [-0.05, 0) is 73.3 Å². The first kappa shape index (κ1) is 23.1. The van der Waals surface area contributed by atoms with Crippen molar-refractivity contribution in [2.45, 2.75) is 13.8 Å². The number of aryl methyl sites for hydroxylation is 1. The number of rotatable bonds is 7. The van der Waals surface area contributed by atoms with Crippen LogP contribution in [0.5, 0.6) is 5.75 Å². The van der Waals surface area contributed by atoms with Crippen LogP contribution in [0.25, 0.3) is 27.7 Å². The van der Waals surface area contributed by atoms with Gasteiger partial charge in [-0.15, -0.1) is 0 Å². The Labute approximate surface area is 210 Å². The Morgan fingerprint density at radius 3 is 2.33 bits per heavy atom. The molecule has 0 radical (unpaired) electrons. The Morgan fingerprint density at radius 2 is 1.58 bits per heavy atom. The molecule has 36 heavy (non-hydrogen) atoms. The van der Waals surface area contributed by atoms with Crippen LogP contribution in [-0.4, -0.2) is 23.3 Å². The van der Waals surface area contributed by atoms with E-state index in [9.17, 15) is 4.79 Å². The number of amides is 1. The summed E-state index contributed by atoms with van der Waals surface area (Å²) in [5, 5.41) is 6.24. The third-order valence-corrected chi connectivity index (χ3v) is 6.12. The summed E-state index contributed by atoms with van der Waals surface area (Å²) in [5.41, 5.74) is 8.46. The summed E-state index contributed by atoms with van der Waals surface area (Å²) in [6.45, 7) is 4.64. The van der Waals surface area contributed by atoms with Crippen molar-refractivity contribution < 1.29 is 9.53 Å². The topological polar surface area (TPSA) is 55.6 Å². The second-order valence-electron chi connectivity index (χ2n) is 8.44. The molecule has 1 amide bonds. The van der Waals surface area contributed by atoms with Crippen molar-refractivity contribution in [1.82, 2.24) is 9.99 Å². The molecule has 0 fully saturated rings. The fourth-order valence-electron chi connectivity index (χ4n) is 4.39. The Hall–Kier alpha value is -4.64. The maximum Gasteiger partial charge on any atom is 0.271 e. The van der Waals surface area contributed by atoms with Gasteiger partial charge in [-0.25, -0.2) is 5.43 Å². The van der Waals surface area contributed by atoms with Gasteiger partial charge in [-0.3, -0.25) is 4.79 Å². The molecule has 5 rings (SSSR count). The molecule has 5 aromatic rings. The molecule has 1 heterocycles. The molecule has 0 aliphatic rings. The first-order valence-electron chi connectivity index (χ1n) is 12.0. The average molecular weight is 474 g/mol. The minimum absolute atomic E-state index is 0.263. The molecule has 0 unspecified atom stereocenters. The number of nitrogens with one attached hydrogen (secondary N) is 1. The summed E-state index contributed by atoms with van der Waals surface area (Å²) in [4.78, 5) is 12.7. The van der Waals surface area contributed by atoms with Crippen LogP contribution < -0.4 is 10.2 Å². The van der Waals surface area contributed by atoms with Crippen LogP contribution in [0.3, 0.4) is 0 Å². The lowest BCUT2D eigenvalue weighted by molar-refractivity contribution is 0.0955. The molecule has 0 saturated heterocycles. The summed E-state index contributed by atoms with van der Waals surface area (Å²) in [7, 11) is 0. The Balaban J connectivity index is 1.33. The van der Waals surface area contributed by atoms with Crippen molar-refractivity contribution in [3.8, 4) is 22.7 Å². The average Bonchev–Trinajstić information content (AvgIpc) is 3.31. The molecule has 0 aliphatic carbocycles. The highest BCUT2D eigenvalue weighted by molar-refractivity contribution is 6.03.